The van der Waals surface area contributed by atoms with Crippen LogP contribution in [0.1, 0.15) is 44.9 Å². The Morgan fingerprint density at radius 1 is 1.32 bits per heavy atom. The van der Waals surface area contributed by atoms with Gasteiger partial charge in [-0.3, -0.25) is 0 Å². The molecule has 0 saturated heterocycles. The molecule has 1 aromatic rings. The molecule has 4 heteroatoms. The van der Waals surface area contributed by atoms with E-state index in [2.05, 4.69) is 11.9 Å². The number of aromatic nitrogens is 1. The van der Waals surface area contributed by atoms with Crippen molar-refractivity contribution in [1.82, 2.24) is 4.98 Å². The third-order valence-corrected chi connectivity index (χ3v) is 3.11. The highest BCUT2D eigenvalue weighted by atomic mass is 16.5. The number of methoxy groups -OCH3 is 1. The Morgan fingerprint density at radius 3 is 2.63 bits per heavy atom. The molecule has 0 unspecified atom stereocenters. The van der Waals surface area contributed by atoms with E-state index in [4.69, 9.17) is 9.47 Å². The normalized spacial score (nSPS) is 11.6. The summed E-state index contributed by atoms with van der Waals surface area (Å²) in [5.41, 5.74) is 1.62. The lowest BCUT2D eigenvalue weighted by Crippen LogP contribution is -2.25. The quantitative estimate of drug-likeness (QED) is 0.787. The molecule has 0 aliphatic rings. The van der Waals surface area contributed by atoms with Crippen LogP contribution in [0.4, 0.5) is 0 Å². The van der Waals surface area contributed by atoms with Crippen molar-refractivity contribution >= 4 is 0 Å². The van der Waals surface area contributed by atoms with E-state index in [0.29, 0.717) is 12.5 Å². The highest BCUT2D eigenvalue weighted by molar-refractivity contribution is 5.24. The SMILES string of the molecule is CCCc1cc(CO)cc(OCCC(C)(C)OC)n1. The molecule has 0 aliphatic carbocycles. The first kappa shape index (κ1) is 15.9. The lowest BCUT2D eigenvalue weighted by molar-refractivity contribution is 0.00506. The van der Waals surface area contributed by atoms with E-state index in [9.17, 15) is 5.11 Å². The average molecular weight is 267 g/mol. The van der Waals surface area contributed by atoms with Crippen LogP contribution in [0.25, 0.3) is 0 Å². The van der Waals surface area contributed by atoms with Crippen LogP contribution < -0.4 is 4.74 Å². The second-order valence-electron chi connectivity index (χ2n) is 5.28. The zero-order valence-electron chi connectivity index (χ0n) is 12.4. The van der Waals surface area contributed by atoms with Gasteiger partial charge in [0, 0.05) is 25.3 Å². The smallest absolute Gasteiger partial charge is 0.213 e. The van der Waals surface area contributed by atoms with Crippen molar-refractivity contribution in [2.75, 3.05) is 13.7 Å². The van der Waals surface area contributed by atoms with Crippen LogP contribution in [0.2, 0.25) is 0 Å². The Labute approximate surface area is 115 Å². The molecule has 0 spiro atoms. The molecular formula is C15H25NO3. The lowest BCUT2D eigenvalue weighted by atomic mass is 10.1. The number of aliphatic hydroxyl groups excluding tert-OH is 1. The molecular weight excluding hydrogens is 242 g/mol. The molecule has 0 aromatic carbocycles. The van der Waals surface area contributed by atoms with E-state index in [1.807, 2.05) is 19.9 Å². The fourth-order valence-electron chi connectivity index (χ4n) is 1.67. The van der Waals surface area contributed by atoms with Gasteiger partial charge in [0.15, 0.2) is 0 Å². The third-order valence-electron chi connectivity index (χ3n) is 3.11. The van der Waals surface area contributed by atoms with Gasteiger partial charge < -0.3 is 14.6 Å². The van der Waals surface area contributed by atoms with Gasteiger partial charge in [0.1, 0.15) is 0 Å². The molecule has 1 aromatic heterocycles. The maximum Gasteiger partial charge on any atom is 0.213 e. The van der Waals surface area contributed by atoms with Gasteiger partial charge in [-0.1, -0.05) is 13.3 Å². The first-order valence-electron chi connectivity index (χ1n) is 6.79. The molecule has 0 amide bonds. The van der Waals surface area contributed by atoms with Crippen LogP contribution in [0, 0.1) is 0 Å². The summed E-state index contributed by atoms with van der Waals surface area (Å²) in [4.78, 5) is 4.44. The predicted octanol–water partition coefficient (Wildman–Crippen LogP) is 2.72. The highest BCUT2D eigenvalue weighted by Gasteiger charge is 2.16. The largest absolute Gasteiger partial charge is 0.478 e. The predicted molar refractivity (Wildman–Crippen MR) is 75.4 cm³/mol. The molecule has 1 rings (SSSR count). The maximum atomic E-state index is 9.24. The van der Waals surface area contributed by atoms with Gasteiger partial charge in [-0.25, -0.2) is 4.98 Å². The Bertz CT molecular complexity index is 391. The summed E-state index contributed by atoms with van der Waals surface area (Å²) in [6, 6.07) is 3.72. The van der Waals surface area contributed by atoms with Crippen LogP contribution in [0.5, 0.6) is 5.88 Å². The van der Waals surface area contributed by atoms with Gasteiger partial charge >= 0.3 is 0 Å². The molecule has 108 valence electrons. The summed E-state index contributed by atoms with van der Waals surface area (Å²) in [5.74, 6) is 0.585. The molecule has 0 saturated carbocycles. The number of aliphatic hydroxyl groups is 1. The summed E-state index contributed by atoms with van der Waals surface area (Å²) in [6.45, 7) is 6.72. The monoisotopic (exact) mass is 267 g/mol. The van der Waals surface area contributed by atoms with Crippen molar-refractivity contribution in [2.24, 2.45) is 0 Å². The molecule has 19 heavy (non-hydrogen) atoms. The Balaban J connectivity index is 2.64. The molecule has 0 aliphatic heterocycles. The zero-order chi connectivity index (χ0) is 14.3. The second-order valence-corrected chi connectivity index (χ2v) is 5.28. The molecule has 1 N–H and O–H groups in total. The zero-order valence-corrected chi connectivity index (χ0v) is 12.4. The Kier molecular flexibility index (Phi) is 6.25. The van der Waals surface area contributed by atoms with E-state index in [1.165, 1.54) is 0 Å². The van der Waals surface area contributed by atoms with Gasteiger partial charge in [-0.15, -0.1) is 0 Å². The second kappa shape index (κ2) is 7.46. The van der Waals surface area contributed by atoms with Gasteiger partial charge in [0.2, 0.25) is 5.88 Å². The van der Waals surface area contributed by atoms with Crippen molar-refractivity contribution < 1.29 is 14.6 Å². The fourth-order valence-corrected chi connectivity index (χ4v) is 1.67. The number of ether oxygens (including phenoxy) is 2. The number of hydrogen-bond donors (Lipinski definition) is 1. The summed E-state index contributed by atoms with van der Waals surface area (Å²) in [6.07, 6.45) is 2.71. The number of hydrogen-bond acceptors (Lipinski definition) is 4. The van der Waals surface area contributed by atoms with Gasteiger partial charge in [0.05, 0.1) is 18.8 Å². The molecule has 1 heterocycles. The molecule has 0 atom stereocenters. The van der Waals surface area contributed by atoms with E-state index in [-0.39, 0.29) is 12.2 Å². The van der Waals surface area contributed by atoms with Crippen LogP contribution in [-0.4, -0.2) is 29.4 Å². The molecule has 0 radical (unpaired) electrons. The standard InChI is InChI=1S/C15H25NO3/c1-5-6-13-9-12(11-17)10-14(16-13)19-8-7-15(2,3)18-4/h9-10,17H,5-8,11H2,1-4H3. The molecule has 0 bridgehead atoms. The van der Waals surface area contributed by atoms with Gasteiger partial charge in [-0.05, 0) is 31.9 Å². The van der Waals surface area contributed by atoms with E-state index >= 15 is 0 Å². The van der Waals surface area contributed by atoms with Crippen LogP contribution in [-0.2, 0) is 17.8 Å². The van der Waals surface area contributed by atoms with E-state index in [0.717, 1.165) is 30.5 Å². The number of pyridine rings is 1. The summed E-state index contributed by atoms with van der Waals surface area (Å²) in [5, 5.41) is 9.24. The topological polar surface area (TPSA) is 51.6 Å². The first-order chi connectivity index (χ1) is 9.00. The minimum absolute atomic E-state index is 0.0131. The van der Waals surface area contributed by atoms with Crippen molar-refractivity contribution in [3.8, 4) is 5.88 Å². The number of nitrogens with zero attached hydrogens (tertiary/aromatic N) is 1. The average Bonchev–Trinajstić information content (AvgIpc) is 2.38. The van der Waals surface area contributed by atoms with Crippen molar-refractivity contribution in [3.63, 3.8) is 0 Å². The first-order valence-corrected chi connectivity index (χ1v) is 6.79. The Morgan fingerprint density at radius 2 is 2.05 bits per heavy atom. The van der Waals surface area contributed by atoms with Gasteiger partial charge in [-0.2, -0.15) is 0 Å². The van der Waals surface area contributed by atoms with E-state index < -0.39 is 0 Å². The number of aryl methyl sites for hydroxylation is 1. The van der Waals surface area contributed by atoms with Crippen LogP contribution in [0.3, 0.4) is 0 Å². The summed E-state index contributed by atoms with van der Waals surface area (Å²) in [7, 11) is 1.70. The Hall–Kier alpha value is -1.13. The summed E-state index contributed by atoms with van der Waals surface area (Å²) >= 11 is 0. The minimum atomic E-state index is -0.194. The third kappa shape index (κ3) is 5.57. The lowest BCUT2D eigenvalue weighted by Gasteiger charge is -2.22. The van der Waals surface area contributed by atoms with Crippen LogP contribution in [0.15, 0.2) is 12.1 Å². The highest BCUT2D eigenvalue weighted by Crippen LogP contribution is 2.17. The van der Waals surface area contributed by atoms with E-state index in [1.54, 1.807) is 13.2 Å². The van der Waals surface area contributed by atoms with Crippen molar-refractivity contribution in [1.29, 1.82) is 0 Å². The fraction of sp³-hybridized carbons (Fsp3) is 0.667. The van der Waals surface area contributed by atoms with Crippen molar-refractivity contribution in [3.05, 3.63) is 23.4 Å². The molecule has 0 fully saturated rings. The van der Waals surface area contributed by atoms with Crippen LogP contribution >= 0.6 is 0 Å². The number of rotatable bonds is 8. The van der Waals surface area contributed by atoms with Gasteiger partial charge in [0.25, 0.3) is 0 Å². The minimum Gasteiger partial charge on any atom is -0.478 e. The van der Waals surface area contributed by atoms with Crippen molar-refractivity contribution in [2.45, 2.75) is 52.2 Å². The molecule has 4 nitrogen and oxygen atoms in total. The maximum absolute atomic E-state index is 9.24. The summed E-state index contributed by atoms with van der Waals surface area (Å²) < 4.78 is 11.0.